The lowest BCUT2D eigenvalue weighted by Crippen LogP contribution is -2.57. The smallest absolute Gasteiger partial charge is 0.255 e. The quantitative estimate of drug-likeness (QED) is 0.223. The van der Waals surface area contributed by atoms with Crippen molar-refractivity contribution in [3.8, 4) is 0 Å². The molecule has 5 saturated heterocycles. The van der Waals surface area contributed by atoms with Crippen LogP contribution in [0.1, 0.15) is 26.2 Å². The molecule has 5 heterocycles. The highest BCUT2D eigenvalue weighted by molar-refractivity contribution is 8.00. The molecule has 0 aliphatic carbocycles. The Morgan fingerprint density at radius 2 is 1.85 bits per heavy atom. The predicted molar refractivity (Wildman–Crippen MR) is 148 cm³/mol. The fourth-order valence-electron chi connectivity index (χ4n) is 7.05. The van der Waals surface area contributed by atoms with Crippen LogP contribution in [0.4, 0.5) is 8.78 Å². The predicted octanol–water partition coefficient (Wildman–Crippen LogP) is 0.956. The fraction of sp³-hybridized carbons (Fsp3) is 0.920. The van der Waals surface area contributed by atoms with Gasteiger partial charge in [-0.3, -0.25) is 20.2 Å². The van der Waals surface area contributed by atoms with Gasteiger partial charge in [-0.1, -0.05) is 0 Å². The van der Waals surface area contributed by atoms with Crippen LogP contribution in [0.25, 0.3) is 0 Å². The second kappa shape index (κ2) is 12.8. The molecule has 0 spiro atoms. The number of amides is 2. The van der Waals surface area contributed by atoms with Crippen LogP contribution in [0.2, 0.25) is 0 Å². The lowest BCUT2D eigenvalue weighted by molar-refractivity contribution is -0.135. The van der Waals surface area contributed by atoms with Gasteiger partial charge in [-0.2, -0.15) is 0 Å². The van der Waals surface area contributed by atoms with Gasteiger partial charge in [0.25, 0.3) is 6.43 Å². The lowest BCUT2D eigenvalue weighted by atomic mass is 9.70. The van der Waals surface area contributed by atoms with Crippen molar-refractivity contribution < 1.29 is 23.1 Å². The van der Waals surface area contributed by atoms with Crippen molar-refractivity contribution in [2.24, 2.45) is 23.7 Å². The molecule has 5 N–H and O–H groups in total. The number of rotatable bonds is 6. The molecule has 0 saturated carbocycles. The summed E-state index contributed by atoms with van der Waals surface area (Å²) in [7, 11) is 1.72. The van der Waals surface area contributed by atoms with E-state index >= 15 is 0 Å². The average molecular weight is 614 g/mol. The number of likely N-dealkylation sites (tertiary alicyclic amines) is 1. The van der Waals surface area contributed by atoms with Gasteiger partial charge in [-0.05, 0) is 38.0 Å². The molecule has 0 bridgehead atoms. The first-order valence-electron chi connectivity index (χ1n) is 13.9. The van der Waals surface area contributed by atoms with E-state index in [1.165, 1.54) is 0 Å². The molecule has 0 aromatic heterocycles. The van der Waals surface area contributed by atoms with Gasteiger partial charge in [0.2, 0.25) is 11.8 Å². The summed E-state index contributed by atoms with van der Waals surface area (Å²) in [6, 6.07) is -0.707. The van der Waals surface area contributed by atoms with Gasteiger partial charge < -0.3 is 25.6 Å². The highest BCUT2D eigenvalue weighted by Crippen LogP contribution is 2.39. The highest BCUT2D eigenvalue weighted by atomic mass is 35.5. The van der Waals surface area contributed by atoms with Crippen LogP contribution in [0.5, 0.6) is 0 Å². The summed E-state index contributed by atoms with van der Waals surface area (Å²) in [6.07, 6.45) is -0.647. The maximum absolute atomic E-state index is 13.6. The number of alkyl halides is 4. The number of nitrogens with one attached hydrogen (secondary N) is 5. The van der Waals surface area contributed by atoms with Gasteiger partial charge in [0, 0.05) is 57.2 Å². The average Bonchev–Trinajstić information content (AvgIpc) is 3.46. The molecular formula is C25H40Cl2F2N6O3S. The molecular weight excluding hydrogens is 573 g/mol. The summed E-state index contributed by atoms with van der Waals surface area (Å²) < 4.78 is 31.9. The second-order valence-electron chi connectivity index (χ2n) is 11.7. The molecule has 0 radical (unpaired) electrons. The molecule has 2 amide bonds. The monoisotopic (exact) mass is 612 g/mol. The fourth-order valence-corrected chi connectivity index (χ4v) is 9.16. The topological polar surface area (TPSA) is 107 Å². The van der Waals surface area contributed by atoms with Gasteiger partial charge in [0.1, 0.15) is 5.50 Å². The first-order chi connectivity index (χ1) is 18.6. The molecule has 0 aromatic rings. The molecule has 5 aliphatic rings. The summed E-state index contributed by atoms with van der Waals surface area (Å²) in [4.78, 5) is 28.5. The van der Waals surface area contributed by atoms with Gasteiger partial charge in [0.05, 0.1) is 34.9 Å². The Morgan fingerprint density at radius 3 is 2.54 bits per heavy atom. The van der Waals surface area contributed by atoms with Crippen molar-refractivity contribution in [3.05, 3.63) is 0 Å². The third-order valence-electron chi connectivity index (χ3n) is 9.16. The normalized spacial score (nSPS) is 44.8. The van der Waals surface area contributed by atoms with E-state index in [0.29, 0.717) is 32.2 Å². The minimum Gasteiger partial charge on any atom is -0.380 e. The number of ether oxygens (including phenoxy) is 1. The van der Waals surface area contributed by atoms with E-state index in [2.05, 4.69) is 33.5 Å². The molecule has 5 fully saturated rings. The molecule has 0 aromatic carbocycles. The Hall–Kier alpha value is -0.470. The molecule has 12 atom stereocenters. The zero-order valence-electron chi connectivity index (χ0n) is 22.3. The molecule has 12 unspecified atom stereocenters. The molecule has 5 rings (SSSR count). The number of carbonyl (C=O) groups is 2. The third kappa shape index (κ3) is 6.63. The number of piperidine rings is 3. The molecule has 14 heteroatoms. The summed E-state index contributed by atoms with van der Waals surface area (Å²) in [6.45, 7) is 4.73. The van der Waals surface area contributed by atoms with Gasteiger partial charge >= 0.3 is 0 Å². The van der Waals surface area contributed by atoms with E-state index in [0.717, 1.165) is 12.8 Å². The molecule has 5 aliphatic heterocycles. The zero-order chi connectivity index (χ0) is 27.8. The van der Waals surface area contributed by atoms with E-state index in [9.17, 15) is 18.4 Å². The molecule has 39 heavy (non-hydrogen) atoms. The highest BCUT2D eigenvalue weighted by Gasteiger charge is 2.48. The summed E-state index contributed by atoms with van der Waals surface area (Å²) in [5, 5.41) is 15.6. The largest absolute Gasteiger partial charge is 0.380 e. The number of halogens is 4. The zero-order valence-corrected chi connectivity index (χ0v) is 24.6. The Labute approximate surface area is 242 Å². The van der Waals surface area contributed by atoms with Crippen molar-refractivity contribution in [3.63, 3.8) is 0 Å². The first-order valence-corrected chi connectivity index (χ1v) is 15.8. The minimum atomic E-state index is -2.55. The SMILES string of the molecule is COC1CNC(Cl)CC1C1CC(C)NCC1C(=O)NC1NC2CN(C(=O)C3CNC(C(F)F)C(Cl)C3)CC2S1. The van der Waals surface area contributed by atoms with Crippen molar-refractivity contribution in [2.45, 2.75) is 78.5 Å². The Kier molecular flexibility index (Phi) is 9.85. The van der Waals surface area contributed by atoms with Crippen molar-refractivity contribution in [2.75, 3.05) is 39.8 Å². The van der Waals surface area contributed by atoms with Gasteiger partial charge in [-0.15, -0.1) is 35.0 Å². The molecule has 9 nitrogen and oxygen atoms in total. The number of methoxy groups -OCH3 is 1. The number of fused-ring (bicyclic) bond motifs is 1. The maximum Gasteiger partial charge on any atom is 0.255 e. The van der Waals surface area contributed by atoms with Crippen LogP contribution in [-0.2, 0) is 14.3 Å². The number of nitrogens with zero attached hydrogens (tertiary/aromatic N) is 1. The number of hydrogen-bond acceptors (Lipinski definition) is 8. The van der Waals surface area contributed by atoms with E-state index in [1.807, 2.05) is 0 Å². The van der Waals surface area contributed by atoms with Crippen LogP contribution in [0, 0.1) is 23.7 Å². The third-order valence-corrected chi connectivity index (χ3v) is 11.3. The van der Waals surface area contributed by atoms with Crippen LogP contribution in [0.3, 0.4) is 0 Å². The van der Waals surface area contributed by atoms with Crippen LogP contribution in [0.15, 0.2) is 0 Å². The Balaban J connectivity index is 1.14. The Bertz CT molecular complexity index is 885. The molecule has 222 valence electrons. The Morgan fingerprint density at radius 1 is 1.05 bits per heavy atom. The summed E-state index contributed by atoms with van der Waals surface area (Å²) >= 11 is 14.2. The van der Waals surface area contributed by atoms with E-state index in [4.69, 9.17) is 27.9 Å². The van der Waals surface area contributed by atoms with Gasteiger partial charge in [-0.25, -0.2) is 8.78 Å². The van der Waals surface area contributed by atoms with Crippen LogP contribution < -0.4 is 26.6 Å². The van der Waals surface area contributed by atoms with E-state index in [1.54, 1.807) is 23.8 Å². The van der Waals surface area contributed by atoms with Crippen LogP contribution in [-0.4, -0.2) is 109 Å². The lowest BCUT2D eigenvalue weighted by Gasteiger charge is -2.45. The van der Waals surface area contributed by atoms with E-state index in [-0.39, 0.29) is 70.9 Å². The van der Waals surface area contributed by atoms with Gasteiger partial charge in [0.15, 0.2) is 0 Å². The summed E-state index contributed by atoms with van der Waals surface area (Å²) in [5.41, 5.74) is -0.357. The van der Waals surface area contributed by atoms with Crippen molar-refractivity contribution in [1.82, 2.24) is 31.5 Å². The summed E-state index contributed by atoms with van der Waals surface area (Å²) in [5.74, 6) is -0.264. The van der Waals surface area contributed by atoms with E-state index < -0.39 is 23.8 Å². The maximum atomic E-state index is 13.6. The van der Waals surface area contributed by atoms with Crippen LogP contribution >= 0.6 is 35.0 Å². The van der Waals surface area contributed by atoms with Crippen molar-refractivity contribution in [1.29, 1.82) is 0 Å². The number of hydrogen-bond donors (Lipinski definition) is 5. The first kappa shape index (κ1) is 30.0. The second-order valence-corrected chi connectivity index (χ2v) is 14.1. The standard InChI is InChI=1S/C25H40Cl2F2N6O3S/c1-11-3-13(14-5-20(27)31-8-18(14)38-2)15(7-30-11)23(36)34-25-33-17-9-35(10-19(17)39-25)24(37)12-4-16(26)21(22(28)29)32-6-12/h11-22,25,30-33H,3-10H2,1-2H3,(H,34,36). The number of thioether (sulfide) groups is 1. The minimum absolute atomic E-state index is 0.0159. The van der Waals surface area contributed by atoms with Crippen molar-refractivity contribution >= 4 is 46.8 Å². The number of carbonyl (C=O) groups excluding carboxylic acids is 2.